The van der Waals surface area contributed by atoms with Crippen molar-refractivity contribution in [3.05, 3.63) is 64.6 Å². The second-order valence-electron chi connectivity index (χ2n) is 5.79. The summed E-state index contributed by atoms with van der Waals surface area (Å²) in [7, 11) is 0. The first-order chi connectivity index (χ1) is 12.2. The third-order valence-electron chi connectivity index (χ3n) is 4.14. The van der Waals surface area contributed by atoms with E-state index in [1.165, 1.54) is 0 Å². The Labute approximate surface area is 152 Å². The van der Waals surface area contributed by atoms with Gasteiger partial charge in [0.1, 0.15) is 0 Å². The molecule has 5 aromatic rings. The van der Waals surface area contributed by atoms with Gasteiger partial charge in [0.25, 0.3) is 0 Å². The highest BCUT2D eigenvalue weighted by Crippen LogP contribution is 2.29. The minimum absolute atomic E-state index is 0.486. The number of hydrogen-bond acceptors (Lipinski definition) is 3. The number of nitrogens with zero attached hydrogens (tertiary/aromatic N) is 3. The Morgan fingerprint density at radius 3 is 2.28 bits per heavy atom. The zero-order valence-corrected chi connectivity index (χ0v) is 14.3. The first-order valence-electron chi connectivity index (χ1n) is 7.69. The van der Waals surface area contributed by atoms with E-state index in [1.54, 1.807) is 12.1 Å². The SMILES string of the molecule is Clc1ccc(-c2nc3cc4nc5ccccc5[nH]c4cc3n2)cc1Cl. The van der Waals surface area contributed by atoms with Gasteiger partial charge in [-0.05, 0) is 42.5 Å². The van der Waals surface area contributed by atoms with Crippen molar-refractivity contribution in [1.82, 2.24) is 19.9 Å². The third-order valence-corrected chi connectivity index (χ3v) is 4.88. The van der Waals surface area contributed by atoms with Crippen LogP contribution in [-0.4, -0.2) is 19.9 Å². The maximum atomic E-state index is 6.11. The van der Waals surface area contributed by atoms with Gasteiger partial charge in [-0.15, -0.1) is 0 Å². The lowest BCUT2D eigenvalue weighted by Gasteiger charge is -2.01. The fourth-order valence-corrected chi connectivity index (χ4v) is 3.20. The number of H-pyrrole nitrogens is 1. The highest BCUT2D eigenvalue weighted by atomic mass is 35.5. The van der Waals surface area contributed by atoms with Crippen LogP contribution in [0.1, 0.15) is 0 Å². The Bertz CT molecular complexity index is 1200. The molecule has 0 bridgehead atoms. The number of aromatic nitrogens is 4. The molecule has 0 aliphatic heterocycles. The Balaban J connectivity index is 1.74. The predicted octanol–water partition coefficient (Wildman–Crippen LogP) is 5.63. The average molecular weight is 365 g/mol. The number of hydrogen-bond donors (Lipinski definition) is 1. The van der Waals surface area contributed by atoms with Crippen molar-refractivity contribution in [2.45, 2.75) is 0 Å². The maximum Gasteiger partial charge on any atom is 0.160 e. The lowest BCUT2D eigenvalue weighted by Crippen LogP contribution is -1.87. The minimum atomic E-state index is 0.486. The van der Waals surface area contributed by atoms with Crippen LogP contribution >= 0.6 is 23.2 Å². The molecule has 2 heterocycles. The molecule has 1 N–H and O–H groups in total. The monoisotopic (exact) mass is 364 g/mol. The van der Waals surface area contributed by atoms with Crippen molar-refractivity contribution in [2.24, 2.45) is 0 Å². The molecule has 0 unspecified atom stereocenters. The van der Waals surface area contributed by atoms with E-state index >= 15 is 0 Å². The van der Waals surface area contributed by atoms with Crippen LogP contribution in [0.15, 0.2) is 54.6 Å². The van der Waals surface area contributed by atoms with Crippen molar-refractivity contribution < 1.29 is 0 Å². The smallest absolute Gasteiger partial charge is 0.160 e. The van der Waals surface area contributed by atoms with E-state index in [0.717, 1.165) is 38.7 Å². The van der Waals surface area contributed by atoms with Crippen molar-refractivity contribution in [3.63, 3.8) is 0 Å². The standard InChI is InChI=1S/C19H10Cl2N4/c20-11-6-5-10(7-12(11)21)19-24-17-8-15-16(9-18(17)25-19)23-14-4-2-1-3-13(14)22-15/h1-9,22H. The quantitative estimate of drug-likeness (QED) is 0.392. The fraction of sp³-hybridized carbons (Fsp3) is 0. The molecule has 6 heteroatoms. The number of fused-ring (bicyclic) bond motifs is 3. The Morgan fingerprint density at radius 1 is 0.640 bits per heavy atom. The molecule has 0 aliphatic rings. The zero-order valence-electron chi connectivity index (χ0n) is 12.8. The Morgan fingerprint density at radius 2 is 1.44 bits per heavy atom. The molecule has 2 aromatic heterocycles. The van der Waals surface area contributed by atoms with Gasteiger partial charge in [0.05, 0.1) is 43.1 Å². The van der Waals surface area contributed by atoms with Gasteiger partial charge in [0.2, 0.25) is 0 Å². The summed E-state index contributed by atoms with van der Waals surface area (Å²) in [5, 5.41) is 0.997. The van der Waals surface area contributed by atoms with E-state index < -0.39 is 0 Å². The van der Waals surface area contributed by atoms with Crippen LogP contribution in [0, 0.1) is 0 Å². The molecule has 0 saturated carbocycles. The molecular weight excluding hydrogens is 355 g/mol. The van der Waals surface area contributed by atoms with E-state index in [2.05, 4.69) is 15.0 Å². The summed E-state index contributed by atoms with van der Waals surface area (Å²) in [5.41, 5.74) is 6.11. The van der Waals surface area contributed by atoms with Gasteiger partial charge >= 0.3 is 0 Å². The first kappa shape index (κ1) is 14.6. The number of halogens is 2. The second kappa shape index (κ2) is 5.41. The molecule has 0 radical (unpaired) electrons. The van der Waals surface area contributed by atoms with E-state index in [9.17, 15) is 0 Å². The lowest BCUT2D eigenvalue weighted by molar-refractivity contribution is 1.34. The van der Waals surface area contributed by atoms with Crippen molar-refractivity contribution >= 4 is 56.3 Å². The summed E-state index contributed by atoms with van der Waals surface area (Å²) in [6, 6.07) is 17.2. The molecule has 0 aliphatic carbocycles. The number of nitrogens with one attached hydrogen (secondary N) is 1. The van der Waals surface area contributed by atoms with Crippen molar-refractivity contribution in [1.29, 1.82) is 0 Å². The number of para-hydroxylation sites is 2. The predicted molar refractivity (Wildman–Crippen MR) is 102 cm³/mol. The number of rotatable bonds is 1. The van der Waals surface area contributed by atoms with E-state index in [0.29, 0.717) is 15.9 Å². The molecule has 3 aromatic carbocycles. The third kappa shape index (κ3) is 2.42. The topological polar surface area (TPSA) is 54.5 Å². The molecule has 0 amide bonds. The van der Waals surface area contributed by atoms with Crippen LogP contribution in [0.3, 0.4) is 0 Å². The normalized spacial score (nSPS) is 11.6. The summed E-state index contributed by atoms with van der Waals surface area (Å²) in [6.07, 6.45) is 0. The number of benzene rings is 3. The Hall–Kier alpha value is -2.69. The van der Waals surface area contributed by atoms with Crippen LogP contribution in [0.2, 0.25) is 10.0 Å². The highest BCUT2D eigenvalue weighted by Gasteiger charge is 2.11. The van der Waals surface area contributed by atoms with Gasteiger partial charge in [-0.2, -0.15) is 0 Å². The minimum Gasteiger partial charge on any atom is -0.352 e. The fourth-order valence-electron chi connectivity index (χ4n) is 2.91. The highest BCUT2D eigenvalue weighted by molar-refractivity contribution is 6.42. The van der Waals surface area contributed by atoms with Gasteiger partial charge < -0.3 is 4.98 Å². The number of imidazole rings is 1. The number of aromatic amines is 1. The maximum absolute atomic E-state index is 6.11. The lowest BCUT2D eigenvalue weighted by atomic mass is 10.2. The first-order valence-corrected chi connectivity index (χ1v) is 8.45. The van der Waals surface area contributed by atoms with Gasteiger partial charge in [-0.25, -0.2) is 15.0 Å². The zero-order chi connectivity index (χ0) is 17.0. The summed E-state index contributed by atoms with van der Waals surface area (Å²) >= 11 is 12.1. The molecule has 5 rings (SSSR count). The Kier molecular flexibility index (Phi) is 3.17. The van der Waals surface area contributed by atoms with E-state index in [1.807, 2.05) is 42.5 Å². The van der Waals surface area contributed by atoms with Crippen LogP contribution in [-0.2, 0) is 0 Å². The second-order valence-corrected chi connectivity index (χ2v) is 6.60. The van der Waals surface area contributed by atoms with Gasteiger partial charge in [0.15, 0.2) is 5.82 Å². The van der Waals surface area contributed by atoms with E-state index in [4.69, 9.17) is 28.2 Å². The molecule has 0 fully saturated rings. The molecule has 4 nitrogen and oxygen atoms in total. The van der Waals surface area contributed by atoms with Gasteiger partial charge in [0, 0.05) is 5.56 Å². The molecule has 120 valence electrons. The summed E-state index contributed by atoms with van der Waals surface area (Å²) in [5.74, 6) is 0.619. The summed E-state index contributed by atoms with van der Waals surface area (Å²) in [4.78, 5) is 17.3. The summed E-state index contributed by atoms with van der Waals surface area (Å²) in [6.45, 7) is 0. The molecule has 0 atom stereocenters. The van der Waals surface area contributed by atoms with Gasteiger partial charge in [-0.3, -0.25) is 0 Å². The van der Waals surface area contributed by atoms with Crippen LogP contribution in [0.25, 0.3) is 44.5 Å². The van der Waals surface area contributed by atoms with Crippen LogP contribution < -0.4 is 0 Å². The molecule has 0 spiro atoms. The largest absolute Gasteiger partial charge is 0.352 e. The average Bonchev–Trinajstić information content (AvgIpc) is 3.03. The van der Waals surface area contributed by atoms with E-state index in [-0.39, 0.29) is 0 Å². The molecule has 0 saturated heterocycles. The van der Waals surface area contributed by atoms with Crippen molar-refractivity contribution in [2.75, 3.05) is 0 Å². The van der Waals surface area contributed by atoms with Gasteiger partial charge in [-0.1, -0.05) is 35.3 Å². The summed E-state index contributed by atoms with van der Waals surface area (Å²) < 4.78 is 0. The molecule has 25 heavy (non-hydrogen) atoms. The molecular formula is C19H10Cl2N4. The van der Waals surface area contributed by atoms with Crippen LogP contribution in [0.5, 0.6) is 0 Å². The van der Waals surface area contributed by atoms with Crippen LogP contribution in [0.4, 0.5) is 0 Å². The van der Waals surface area contributed by atoms with Crippen molar-refractivity contribution in [3.8, 4) is 11.4 Å².